The van der Waals surface area contributed by atoms with E-state index in [0.29, 0.717) is 11.8 Å². The van der Waals surface area contributed by atoms with Crippen molar-refractivity contribution >= 4 is 17.2 Å². The fourth-order valence-corrected chi connectivity index (χ4v) is 3.13. The zero-order chi connectivity index (χ0) is 16.8. The van der Waals surface area contributed by atoms with Crippen molar-refractivity contribution in [1.82, 2.24) is 10.3 Å². The molecule has 0 saturated heterocycles. The Balaban J connectivity index is 1.85. The van der Waals surface area contributed by atoms with E-state index in [1.165, 1.54) is 6.42 Å². The molecule has 2 heterocycles. The molecule has 23 heavy (non-hydrogen) atoms. The van der Waals surface area contributed by atoms with E-state index < -0.39 is 0 Å². The van der Waals surface area contributed by atoms with E-state index in [4.69, 9.17) is 4.42 Å². The van der Waals surface area contributed by atoms with Crippen LogP contribution < -0.4 is 5.32 Å². The SMILES string of the molecule is Cc1oc(-c2cccs2)nc1CC(=O)NC(C)CCCC(C)C. The number of rotatable bonds is 8. The molecule has 2 aromatic heterocycles. The minimum Gasteiger partial charge on any atom is -0.440 e. The van der Waals surface area contributed by atoms with Crippen molar-refractivity contribution in [2.24, 2.45) is 5.92 Å². The van der Waals surface area contributed by atoms with Gasteiger partial charge in [-0.15, -0.1) is 11.3 Å². The highest BCUT2D eigenvalue weighted by molar-refractivity contribution is 7.13. The van der Waals surface area contributed by atoms with Gasteiger partial charge in [-0.3, -0.25) is 4.79 Å². The van der Waals surface area contributed by atoms with Crippen LogP contribution in [0.1, 0.15) is 51.5 Å². The van der Waals surface area contributed by atoms with Crippen LogP contribution in [0.25, 0.3) is 10.8 Å². The second-order valence-corrected chi connectivity index (χ2v) is 7.42. The summed E-state index contributed by atoms with van der Waals surface area (Å²) < 4.78 is 5.68. The minimum atomic E-state index is 0.0103. The van der Waals surface area contributed by atoms with E-state index >= 15 is 0 Å². The molecule has 1 atom stereocenters. The predicted molar refractivity (Wildman–Crippen MR) is 94.6 cm³/mol. The van der Waals surface area contributed by atoms with Gasteiger partial charge in [-0.05, 0) is 37.6 Å². The summed E-state index contributed by atoms with van der Waals surface area (Å²) in [4.78, 5) is 17.6. The minimum absolute atomic E-state index is 0.0103. The molecular weight excluding hydrogens is 308 g/mol. The lowest BCUT2D eigenvalue weighted by Crippen LogP contribution is -2.33. The number of thiophene rings is 1. The van der Waals surface area contributed by atoms with Crippen LogP contribution in [-0.2, 0) is 11.2 Å². The first-order chi connectivity index (χ1) is 11.0. The first kappa shape index (κ1) is 17.7. The van der Waals surface area contributed by atoms with Gasteiger partial charge in [-0.1, -0.05) is 32.8 Å². The number of nitrogens with one attached hydrogen (secondary N) is 1. The monoisotopic (exact) mass is 334 g/mol. The lowest BCUT2D eigenvalue weighted by Gasteiger charge is -2.14. The zero-order valence-corrected chi connectivity index (χ0v) is 15.2. The molecule has 0 aliphatic rings. The Morgan fingerprint density at radius 3 is 2.78 bits per heavy atom. The van der Waals surface area contributed by atoms with Crippen molar-refractivity contribution in [2.45, 2.75) is 59.4 Å². The van der Waals surface area contributed by atoms with Crippen LogP contribution in [-0.4, -0.2) is 16.9 Å². The summed E-state index contributed by atoms with van der Waals surface area (Å²) in [6.45, 7) is 8.37. The van der Waals surface area contributed by atoms with E-state index in [1.807, 2.05) is 24.4 Å². The van der Waals surface area contributed by atoms with Crippen LogP contribution in [0.15, 0.2) is 21.9 Å². The highest BCUT2D eigenvalue weighted by Crippen LogP contribution is 2.26. The normalized spacial score (nSPS) is 12.6. The van der Waals surface area contributed by atoms with Crippen LogP contribution in [0.4, 0.5) is 0 Å². The number of aromatic nitrogens is 1. The van der Waals surface area contributed by atoms with E-state index in [0.717, 1.165) is 29.2 Å². The average molecular weight is 334 g/mol. The van der Waals surface area contributed by atoms with Crippen LogP contribution in [0.2, 0.25) is 0 Å². The molecule has 2 rings (SSSR count). The summed E-state index contributed by atoms with van der Waals surface area (Å²) in [6.07, 6.45) is 3.63. The summed E-state index contributed by atoms with van der Waals surface area (Å²) in [5.41, 5.74) is 0.722. The summed E-state index contributed by atoms with van der Waals surface area (Å²) >= 11 is 1.58. The maximum absolute atomic E-state index is 12.2. The largest absolute Gasteiger partial charge is 0.440 e. The van der Waals surface area contributed by atoms with Crippen LogP contribution >= 0.6 is 11.3 Å². The maximum Gasteiger partial charge on any atom is 0.236 e. The number of amides is 1. The molecule has 0 radical (unpaired) electrons. The first-order valence-corrected chi connectivity index (χ1v) is 9.13. The second kappa shape index (κ2) is 8.29. The third-order valence-corrected chi connectivity index (χ3v) is 4.64. The molecule has 126 valence electrons. The molecule has 1 N–H and O–H groups in total. The van der Waals surface area contributed by atoms with E-state index in [-0.39, 0.29) is 18.4 Å². The maximum atomic E-state index is 12.2. The van der Waals surface area contributed by atoms with Crippen molar-refractivity contribution in [2.75, 3.05) is 0 Å². The van der Waals surface area contributed by atoms with Gasteiger partial charge in [0, 0.05) is 6.04 Å². The smallest absolute Gasteiger partial charge is 0.236 e. The standard InChI is InChI=1S/C18H26N2O2S/c1-12(2)7-5-8-13(3)19-17(21)11-15-14(4)22-18(20-15)16-9-6-10-23-16/h6,9-10,12-13H,5,7-8,11H2,1-4H3,(H,19,21). The van der Waals surface area contributed by atoms with Gasteiger partial charge in [0.25, 0.3) is 0 Å². The van der Waals surface area contributed by atoms with Crippen molar-refractivity contribution in [3.05, 3.63) is 29.0 Å². The van der Waals surface area contributed by atoms with Gasteiger partial charge >= 0.3 is 0 Å². The fourth-order valence-electron chi connectivity index (χ4n) is 2.48. The lowest BCUT2D eigenvalue weighted by molar-refractivity contribution is -0.121. The third-order valence-electron chi connectivity index (χ3n) is 3.78. The highest BCUT2D eigenvalue weighted by Gasteiger charge is 2.16. The molecular formula is C18H26N2O2S. The number of aryl methyl sites for hydroxylation is 1. The molecule has 0 aromatic carbocycles. The Morgan fingerprint density at radius 1 is 1.35 bits per heavy atom. The Morgan fingerprint density at radius 2 is 2.13 bits per heavy atom. The first-order valence-electron chi connectivity index (χ1n) is 8.25. The molecule has 4 nitrogen and oxygen atoms in total. The molecule has 2 aromatic rings. The van der Waals surface area contributed by atoms with Gasteiger partial charge in [0.15, 0.2) is 0 Å². The van der Waals surface area contributed by atoms with Gasteiger partial charge in [0.05, 0.1) is 17.0 Å². The van der Waals surface area contributed by atoms with Crippen molar-refractivity contribution in [3.8, 4) is 10.8 Å². The number of hydrogen-bond donors (Lipinski definition) is 1. The quantitative estimate of drug-likeness (QED) is 0.768. The summed E-state index contributed by atoms with van der Waals surface area (Å²) in [7, 11) is 0. The predicted octanol–water partition coefficient (Wildman–Crippen LogP) is 4.59. The van der Waals surface area contributed by atoms with E-state index in [9.17, 15) is 4.79 Å². The average Bonchev–Trinajstić information content (AvgIpc) is 3.08. The Hall–Kier alpha value is -1.62. The molecule has 0 saturated carbocycles. The fraction of sp³-hybridized carbons (Fsp3) is 0.556. The molecule has 1 amide bonds. The number of hydrogen-bond acceptors (Lipinski definition) is 4. The summed E-state index contributed by atoms with van der Waals surface area (Å²) in [5.74, 6) is 2.05. The van der Waals surface area contributed by atoms with Gasteiger partial charge in [0.1, 0.15) is 5.76 Å². The van der Waals surface area contributed by atoms with Gasteiger partial charge < -0.3 is 9.73 Å². The third kappa shape index (κ3) is 5.50. The van der Waals surface area contributed by atoms with Crippen LogP contribution in [0.5, 0.6) is 0 Å². The molecule has 0 spiro atoms. The molecule has 5 heteroatoms. The number of oxazole rings is 1. The molecule has 1 unspecified atom stereocenters. The number of nitrogens with zero attached hydrogens (tertiary/aromatic N) is 1. The van der Waals surface area contributed by atoms with E-state index in [1.54, 1.807) is 11.3 Å². The molecule has 0 aliphatic heterocycles. The summed E-state index contributed by atoms with van der Waals surface area (Å²) in [5, 5.41) is 5.04. The van der Waals surface area contributed by atoms with Crippen molar-refractivity contribution in [3.63, 3.8) is 0 Å². The van der Waals surface area contributed by atoms with Gasteiger partial charge in [0.2, 0.25) is 11.8 Å². The zero-order valence-electron chi connectivity index (χ0n) is 14.4. The lowest BCUT2D eigenvalue weighted by atomic mass is 10.0. The van der Waals surface area contributed by atoms with Crippen LogP contribution in [0, 0.1) is 12.8 Å². The highest BCUT2D eigenvalue weighted by atomic mass is 32.1. The summed E-state index contributed by atoms with van der Waals surface area (Å²) in [6, 6.07) is 4.13. The Bertz CT molecular complexity index is 617. The topological polar surface area (TPSA) is 55.1 Å². The number of carbonyl (C=O) groups excluding carboxylic acids is 1. The van der Waals surface area contributed by atoms with Crippen LogP contribution in [0.3, 0.4) is 0 Å². The second-order valence-electron chi connectivity index (χ2n) is 6.47. The van der Waals surface area contributed by atoms with Gasteiger partial charge in [-0.2, -0.15) is 0 Å². The number of carbonyl (C=O) groups is 1. The molecule has 0 bridgehead atoms. The molecule has 0 fully saturated rings. The van der Waals surface area contributed by atoms with Crippen molar-refractivity contribution in [1.29, 1.82) is 0 Å². The Labute approximate surface area is 142 Å². The van der Waals surface area contributed by atoms with Crippen molar-refractivity contribution < 1.29 is 9.21 Å². The molecule has 0 aliphatic carbocycles. The van der Waals surface area contributed by atoms with Gasteiger partial charge in [-0.25, -0.2) is 4.98 Å². The van der Waals surface area contributed by atoms with E-state index in [2.05, 4.69) is 31.1 Å². The Kier molecular flexibility index (Phi) is 6.39.